The second kappa shape index (κ2) is 13.6. The molecule has 15 heteroatoms. The first kappa shape index (κ1) is 33.0. The first-order valence-electron chi connectivity index (χ1n) is 14.5. The molecule has 246 valence electrons. The van der Waals surface area contributed by atoms with Crippen molar-refractivity contribution in [3.05, 3.63) is 128 Å². The zero-order valence-electron chi connectivity index (χ0n) is 24.9. The molecule has 3 heterocycles. The number of ether oxygens (including phenoxy) is 1. The molecular formula is C33H25BrClF3N6O4. The maximum absolute atomic E-state index is 14.1. The van der Waals surface area contributed by atoms with Gasteiger partial charge in [-0.05, 0) is 76.1 Å². The van der Waals surface area contributed by atoms with Gasteiger partial charge in [-0.15, -0.1) is 0 Å². The van der Waals surface area contributed by atoms with Crippen molar-refractivity contribution in [2.75, 3.05) is 13.2 Å². The van der Waals surface area contributed by atoms with Gasteiger partial charge in [-0.2, -0.15) is 23.4 Å². The van der Waals surface area contributed by atoms with Gasteiger partial charge in [0, 0.05) is 41.4 Å². The SMILES string of the molecule is O=C(NCc1ccccc1-c1cccnn1)c1c2n(c(=O)n1-c1ccc(OCC(F)(F)F)cc1)CCN(C(=O)c1ccc(Br)c(Cl)c1)C2. The number of benzene rings is 3. The van der Waals surface area contributed by atoms with Gasteiger partial charge in [0.2, 0.25) is 0 Å². The molecular weight excluding hydrogens is 717 g/mol. The predicted octanol–water partition coefficient (Wildman–Crippen LogP) is 6.04. The summed E-state index contributed by atoms with van der Waals surface area (Å²) in [6.45, 7) is -1.21. The van der Waals surface area contributed by atoms with Crippen LogP contribution in [-0.4, -0.2) is 55.4 Å². The molecule has 3 aromatic carbocycles. The van der Waals surface area contributed by atoms with Gasteiger partial charge in [0.15, 0.2) is 6.61 Å². The molecule has 0 atom stereocenters. The van der Waals surface area contributed by atoms with E-state index in [0.29, 0.717) is 26.4 Å². The van der Waals surface area contributed by atoms with Gasteiger partial charge in [0.1, 0.15) is 11.4 Å². The topological polar surface area (TPSA) is 111 Å². The fourth-order valence-electron chi connectivity index (χ4n) is 5.40. The molecule has 6 rings (SSSR count). The molecule has 2 aromatic heterocycles. The normalized spacial score (nSPS) is 12.8. The average Bonchev–Trinajstić information content (AvgIpc) is 3.39. The van der Waals surface area contributed by atoms with Crippen LogP contribution in [0.3, 0.4) is 0 Å². The number of imidazole rings is 1. The Bertz CT molecular complexity index is 2050. The Balaban J connectivity index is 1.36. The number of carbonyl (C=O) groups is 2. The molecule has 0 unspecified atom stereocenters. The molecule has 2 amide bonds. The number of fused-ring (bicyclic) bond motifs is 1. The third-order valence-corrected chi connectivity index (χ3v) is 8.88. The number of nitrogens with one attached hydrogen (secondary N) is 1. The van der Waals surface area contributed by atoms with Gasteiger partial charge in [0.05, 0.1) is 28.6 Å². The highest BCUT2D eigenvalue weighted by molar-refractivity contribution is 9.10. The van der Waals surface area contributed by atoms with Gasteiger partial charge in [-0.3, -0.25) is 18.7 Å². The zero-order chi connectivity index (χ0) is 34.0. The van der Waals surface area contributed by atoms with E-state index in [2.05, 4.69) is 31.4 Å². The minimum Gasteiger partial charge on any atom is -0.484 e. The molecule has 5 aromatic rings. The van der Waals surface area contributed by atoms with E-state index < -0.39 is 24.4 Å². The van der Waals surface area contributed by atoms with Crippen molar-refractivity contribution in [1.82, 2.24) is 29.5 Å². The predicted molar refractivity (Wildman–Crippen MR) is 174 cm³/mol. The largest absolute Gasteiger partial charge is 0.484 e. The van der Waals surface area contributed by atoms with E-state index in [1.807, 2.05) is 24.3 Å². The Morgan fingerprint density at radius 3 is 2.48 bits per heavy atom. The molecule has 0 bridgehead atoms. The van der Waals surface area contributed by atoms with Crippen LogP contribution < -0.4 is 15.7 Å². The van der Waals surface area contributed by atoms with E-state index in [9.17, 15) is 27.6 Å². The number of alkyl halides is 3. The van der Waals surface area contributed by atoms with E-state index in [1.54, 1.807) is 30.5 Å². The van der Waals surface area contributed by atoms with Crippen molar-refractivity contribution in [3.8, 4) is 22.7 Å². The summed E-state index contributed by atoms with van der Waals surface area (Å²) in [6, 6.07) is 21.1. The highest BCUT2D eigenvalue weighted by Gasteiger charge is 2.33. The number of hydrogen-bond donors (Lipinski definition) is 1. The Hall–Kier alpha value is -4.95. The number of rotatable bonds is 8. The Kier molecular flexibility index (Phi) is 9.38. The molecule has 0 saturated carbocycles. The highest BCUT2D eigenvalue weighted by atomic mass is 79.9. The second-order valence-corrected chi connectivity index (χ2v) is 12.0. The Morgan fingerprint density at radius 1 is 1.00 bits per heavy atom. The average molecular weight is 742 g/mol. The van der Waals surface area contributed by atoms with Gasteiger partial charge < -0.3 is 15.0 Å². The van der Waals surface area contributed by atoms with Crippen LogP contribution in [0.25, 0.3) is 16.9 Å². The smallest absolute Gasteiger partial charge is 0.422 e. The number of amides is 2. The molecule has 0 aliphatic carbocycles. The number of nitrogens with zero attached hydrogens (tertiary/aromatic N) is 5. The van der Waals surface area contributed by atoms with Crippen molar-refractivity contribution < 1.29 is 27.5 Å². The zero-order valence-corrected chi connectivity index (χ0v) is 27.2. The summed E-state index contributed by atoms with van der Waals surface area (Å²) < 4.78 is 46.2. The minimum atomic E-state index is -4.53. The van der Waals surface area contributed by atoms with Crippen molar-refractivity contribution in [1.29, 1.82) is 0 Å². The minimum absolute atomic E-state index is 0.0210. The molecule has 48 heavy (non-hydrogen) atoms. The lowest BCUT2D eigenvalue weighted by Crippen LogP contribution is -2.41. The standard InChI is InChI=1S/C33H25BrClF3N6O4/c34-25-12-7-20(16-26(25)35)31(46)42-14-15-43-28(18-42)29(44(32(43)47)22-8-10-23(11-9-22)48-19-33(36,37)38)30(45)39-17-21-4-1-2-5-24(21)27-6-3-13-40-41-27/h1-13,16H,14-15,17-19H2,(H,39,45). The lowest BCUT2D eigenvalue weighted by molar-refractivity contribution is -0.153. The van der Waals surface area contributed by atoms with Crippen molar-refractivity contribution >= 4 is 39.3 Å². The number of hydrogen-bond acceptors (Lipinski definition) is 6. The van der Waals surface area contributed by atoms with Crippen molar-refractivity contribution in [3.63, 3.8) is 0 Å². The molecule has 1 aliphatic rings. The third kappa shape index (κ3) is 6.99. The summed E-state index contributed by atoms with van der Waals surface area (Å²) >= 11 is 9.55. The maximum atomic E-state index is 14.1. The first-order valence-corrected chi connectivity index (χ1v) is 15.7. The summed E-state index contributed by atoms with van der Waals surface area (Å²) in [5.74, 6) is -1.01. The van der Waals surface area contributed by atoms with Gasteiger partial charge in [-0.1, -0.05) is 35.9 Å². The fourth-order valence-corrected chi connectivity index (χ4v) is 5.83. The fraction of sp³-hybridized carbons (Fsp3) is 0.182. The van der Waals surface area contributed by atoms with Crippen molar-refractivity contribution in [2.24, 2.45) is 0 Å². The van der Waals surface area contributed by atoms with Crippen LogP contribution in [0, 0.1) is 0 Å². The monoisotopic (exact) mass is 740 g/mol. The number of carbonyl (C=O) groups excluding carboxylic acids is 2. The quantitative estimate of drug-likeness (QED) is 0.208. The van der Waals surface area contributed by atoms with Crippen LogP contribution in [0.2, 0.25) is 5.02 Å². The summed E-state index contributed by atoms with van der Waals surface area (Å²) in [5, 5.41) is 11.4. The molecule has 0 spiro atoms. The van der Waals surface area contributed by atoms with Crippen LogP contribution in [0.4, 0.5) is 13.2 Å². The van der Waals surface area contributed by atoms with Crippen molar-refractivity contribution in [2.45, 2.75) is 25.8 Å². The van der Waals surface area contributed by atoms with Crippen LogP contribution in [0.5, 0.6) is 5.75 Å². The summed E-state index contributed by atoms with van der Waals surface area (Å²) in [6.07, 6.45) is -2.98. The summed E-state index contributed by atoms with van der Waals surface area (Å²) in [7, 11) is 0. The third-order valence-electron chi connectivity index (χ3n) is 7.65. The molecule has 1 aliphatic heterocycles. The Labute approximate surface area is 284 Å². The van der Waals surface area contributed by atoms with Crippen LogP contribution >= 0.6 is 27.5 Å². The number of halogens is 5. The second-order valence-electron chi connectivity index (χ2n) is 10.8. The summed E-state index contributed by atoms with van der Waals surface area (Å²) in [5.41, 5.74) is 2.38. The molecule has 0 radical (unpaired) electrons. The number of aromatic nitrogens is 4. The van der Waals surface area contributed by atoms with E-state index in [-0.39, 0.29) is 49.2 Å². The molecule has 1 N–H and O–H groups in total. The van der Waals surface area contributed by atoms with Gasteiger partial charge >= 0.3 is 11.9 Å². The summed E-state index contributed by atoms with van der Waals surface area (Å²) in [4.78, 5) is 43.0. The van der Waals surface area contributed by atoms with Crippen LogP contribution in [0.15, 0.2) is 94.3 Å². The Morgan fingerprint density at radius 2 is 1.77 bits per heavy atom. The molecule has 0 saturated heterocycles. The van der Waals surface area contributed by atoms with Crippen LogP contribution in [-0.2, 0) is 19.6 Å². The van der Waals surface area contributed by atoms with Gasteiger partial charge in [0.25, 0.3) is 11.8 Å². The van der Waals surface area contributed by atoms with Gasteiger partial charge in [-0.25, -0.2) is 4.79 Å². The van der Waals surface area contributed by atoms with E-state index >= 15 is 0 Å². The van der Waals surface area contributed by atoms with Crippen LogP contribution in [0.1, 0.15) is 32.1 Å². The lowest BCUT2D eigenvalue weighted by Gasteiger charge is -2.28. The van der Waals surface area contributed by atoms with E-state index in [1.165, 1.54) is 44.4 Å². The van der Waals surface area contributed by atoms with E-state index in [4.69, 9.17) is 16.3 Å². The molecule has 0 fully saturated rings. The lowest BCUT2D eigenvalue weighted by atomic mass is 10.0. The molecule has 10 nitrogen and oxygen atoms in total. The maximum Gasteiger partial charge on any atom is 0.422 e. The highest BCUT2D eigenvalue weighted by Crippen LogP contribution is 2.27. The van der Waals surface area contributed by atoms with E-state index in [0.717, 1.165) is 11.1 Å². The first-order chi connectivity index (χ1) is 23.0.